The fraction of sp³-hybridized carbons (Fsp3) is 0.688. The Morgan fingerprint density at radius 1 is 1.15 bits per heavy atom. The van der Waals surface area contributed by atoms with Crippen molar-refractivity contribution in [3.63, 3.8) is 0 Å². The number of pyridine rings is 1. The van der Waals surface area contributed by atoms with Gasteiger partial charge < -0.3 is 9.64 Å². The van der Waals surface area contributed by atoms with Crippen molar-refractivity contribution >= 4 is 0 Å². The summed E-state index contributed by atoms with van der Waals surface area (Å²) in [5, 5.41) is 0. The van der Waals surface area contributed by atoms with Crippen LogP contribution in [0.3, 0.4) is 0 Å². The summed E-state index contributed by atoms with van der Waals surface area (Å²) in [6.07, 6.45) is 8.02. The molecule has 0 N–H and O–H groups in total. The third kappa shape index (κ3) is 4.01. The average Bonchev–Trinajstić information content (AvgIpc) is 2.87. The second-order valence-corrected chi connectivity index (χ2v) is 5.95. The number of nitrogens with zero attached hydrogens (tertiary/aromatic N) is 3. The van der Waals surface area contributed by atoms with E-state index in [4.69, 9.17) is 4.74 Å². The third-order valence-electron chi connectivity index (χ3n) is 4.22. The molecule has 0 unspecified atom stereocenters. The summed E-state index contributed by atoms with van der Waals surface area (Å²) >= 11 is 0. The second-order valence-electron chi connectivity index (χ2n) is 5.95. The molecule has 0 aliphatic carbocycles. The van der Waals surface area contributed by atoms with E-state index in [2.05, 4.69) is 20.9 Å². The van der Waals surface area contributed by atoms with Gasteiger partial charge in [-0.25, -0.2) is 0 Å². The number of likely N-dealkylation sites (tertiary alicyclic amines) is 1. The average molecular weight is 275 g/mol. The largest absolute Gasteiger partial charge is 0.376 e. The maximum absolute atomic E-state index is 6.03. The molecule has 2 aliphatic rings. The van der Waals surface area contributed by atoms with Crippen LogP contribution in [0.25, 0.3) is 0 Å². The van der Waals surface area contributed by atoms with Crippen LogP contribution < -0.4 is 0 Å². The fourth-order valence-electron chi connectivity index (χ4n) is 3.23. The van der Waals surface area contributed by atoms with E-state index in [1.54, 1.807) is 0 Å². The lowest BCUT2D eigenvalue weighted by atomic mass is 10.2. The molecule has 1 aromatic rings. The van der Waals surface area contributed by atoms with Crippen LogP contribution in [0, 0.1) is 0 Å². The van der Waals surface area contributed by atoms with Gasteiger partial charge >= 0.3 is 0 Å². The highest BCUT2D eigenvalue weighted by Gasteiger charge is 2.22. The van der Waals surface area contributed by atoms with Crippen molar-refractivity contribution in [2.24, 2.45) is 0 Å². The SMILES string of the molecule is c1cncc(CN2CCCO[C@H](CN3CCCC3)C2)c1. The molecule has 0 radical (unpaired) electrons. The van der Waals surface area contributed by atoms with Gasteiger partial charge in [-0.15, -0.1) is 0 Å². The van der Waals surface area contributed by atoms with Crippen LogP contribution in [0.2, 0.25) is 0 Å². The predicted octanol–water partition coefficient (Wildman–Crippen LogP) is 1.77. The lowest BCUT2D eigenvalue weighted by Crippen LogP contribution is -2.39. The molecule has 110 valence electrons. The lowest BCUT2D eigenvalue weighted by Gasteiger charge is -2.26. The molecule has 4 nitrogen and oxygen atoms in total. The zero-order valence-electron chi connectivity index (χ0n) is 12.2. The minimum atomic E-state index is 0.368. The van der Waals surface area contributed by atoms with Crippen LogP contribution in [0.5, 0.6) is 0 Å². The van der Waals surface area contributed by atoms with E-state index in [1.807, 2.05) is 18.5 Å². The van der Waals surface area contributed by atoms with Gasteiger partial charge in [-0.05, 0) is 44.0 Å². The highest BCUT2D eigenvalue weighted by atomic mass is 16.5. The second kappa shape index (κ2) is 7.16. The van der Waals surface area contributed by atoms with Gasteiger partial charge in [0.2, 0.25) is 0 Å². The van der Waals surface area contributed by atoms with Crippen LogP contribution in [-0.4, -0.2) is 60.2 Å². The molecule has 0 aromatic carbocycles. The van der Waals surface area contributed by atoms with Crippen molar-refractivity contribution < 1.29 is 4.74 Å². The summed E-state index contributed by atoms with van der Waals surface area (Å²) in [4.78, 5) is 9.28. The molecule has 2 fully saturated rings. The number of rotatable bonds is 4. The van der Waals surface area contributed by atoms with Gasteiger partial charge in [-0.3, -0.25) is 9.88 Å². The zero-order chi connectivity index (χ0) is 13.6. The molecule has 0 bridgehead atoms. The Morgan fingerprint density at radius 3 is 2.80 bits per heavy atom. The maximum Gasteiger partial charge on any atom is 0.0828 e. The summed E-state index contributed by atoms with van der Waals surface area (Å²) in [7, 11) is 0. The van der Waals surface area contributed by atoms with Crippen LogP contribution >= 0.6 is 0 Å². The number of hydrogen-bond acceptors (Lipinski definition) is 4. The first-order chi connectivity index (χ1) is 9.90. The summed E-state index contributed by atoms with van der Waals surface area (Å²) < 4.78 is 6.03. The van der Waals surface area contributed by atoms with Gasteiger partial charge in [0.1, 0.15) is 0 Å². The molecule has 20 heavy (non-hydrogen) atoms. The molecule has 1 atom stereocenters. The molecule has 4 heteroatoms. The van der Waals surface area contributed by atoms with Gasteiger partial charge in [0.25, 0.3) is 0 Å². The maximum atomic E-state index is 6.03. The predicted molar refractivity (Wildman–Crippen MR) is 79.5 cm³/mol. The number of ether oxygens (including phenoxy) is 1. The van der Waals surface area contributed by atoms with Gasteiger partial charge in [0, 0.05) is 45.2 Å². The van der Waals surface area contributed by atoms with E-state index in [0.29, 0.717) is 6.10 Å². The Balaban J connectivity index is 1.54. The van der Waals surface area contributed by atoms with Gasteiger partial charge in [-0.2, -0.15) is 0 Å². The highest BCUT2D eigenvalue weighted by Crippen LogP contribution is 2.14. The molecular weight excluding hydrogens is 250 g/mol. The minimum Gasteiger partial charge on any atom is -0.376 e. The molecule has 0 spiro atoms. The molecule has 2 aliphatic heterocycles. The van der Waals surface area contributed by atoms with Crippen molar-refractivity contribution in [1.29, 1.82) is 0 Å². The van der Waals surface area contributed by atoms with Crippen molar-refractivity contribution in [1.82, 2.24) is 14.8 Å². The van der Waals surface area contributed by atoms with Crippen LogP contribution in [0.4, 0.5) is 0 Å². The summed E-state index contributed by atoms with van der Waals surface area (Å²) in [6.45, 7) is 7.68. The Kier molecular flexibility index (Phi) is 5.01. The molecule has 3 heterocycles. The Morgan fingerprint density at radius 2 is 2.00 bits per heavy atom. The fourth-order valence-corrected chi connectivity index (χ4v) is 3.23. The van der Waals surface area contributed by atoms with E-state index in [0.717, 1.165) is 39.2 Å². The third-order valence-corrected chi connectivity index (χ3v) is 4.22. The molecule has 3 rings (SSSR count). The number of hydrogen-bond donors (Lipinski definition) is 0. The van der Waals surface area contributed by atoms with E-state index in [-0.39, 0.29) is 0 Å². The van der Waals surface area contributed by atoms with E-state index >= 15 is 0 Å². The minimum absolute atomic E-state index is 0.368. The van der Waals surface area contributed by atoms with E-state index < -0.39 is 0 Å². The smallest absolute Gasteiger partial charge is 0.0828 e. The molecule has 1 aromatic heterocycles. The van der Waals surface area contributed by atoms with E-state index in [1.165, 1.54) is 31.5 Å². The van der Waals surface area contributed by atoms with Gasteiger partial charge in [-0.1, -0.05) is 6.07 Å². The Bertz CT molecular complexity index is 392. The topological polar surface area (TPSA) is 28.6 Å². The normalized spacial score (nSPS) is 25.7. The first kappa shape index (κ1) is 14.0. The molecule has 0 amide bonds. The number of aromatic nitrogens is 1. The highest BCUT2D eigenvalue weighted by molar-refractivity contribution is 5.08. The first-order valence-electron chi connectivity index (χ1n) is 7.85. The van der Waals surface area contributed by atoms with Crippen molar-refractivity contribution in [2.75, 3.05) is 39.3 Å². The van der Waals surface area contributed by atoms with Crippen molar-refractivity contribution in [2.45, 2.75) is 31.9 Å². The van der Waals surface area contributed by atoms with Crippen molar-refractivity contribution in [3.8, 4) is 0 Å². The summed E-state index contributed by atoms with van der Waals surface area (Å²) in [6, 6.07) is 4.18. The zero-order valence-corrected chi connectivity index (χ0v) is 12.2. The lowest BCUT2D eigenvalue weighted by molar-refractivity contribution is 0.0308. The summed E-state index contributed by atoms with van der Waals surface area (Å²) in [5.41, 5.74) is 1.30. The molecule has 0 saturated carbocycles. The molecule has 2 saturated heterocycles. The molecular formula is C16H25N3O. The summed E-state index contributed by atoms with van der Waals surface area (Å²) in [5.74, 6) is 0. The van der Waals surface area contributed by atoms with Crippen LogP contribution in [0.15, 0.2) is 24.5 Å². The van der Waals surface area contributed by atoms with Gasteiger partial charge in [0.15, 0.2) is 0 Å². The monoisotopic (exact) mass is 275 g/mol. The quantitative estimate of drug-likeness (QED) is 0.837. The van der Waals surface area contributed by atoms with Crippen LogP contribution in [0.1, 0.15) is 24.8 Å². The Labute approximate surface area is 121 Å². The van der Waals surface area contributed by atoms with Gasteiger partial charge in [0.05, 0.1) is 6.10 Å². The van der Waals surface area contributed by atoms with Crippen LogP contribution in [-0.2, 0) is 11.3 Å². The standard InChI is InChI=1S/C16H25N3O/c1-2-8-18(7-1)13-16-14-19(9-4-10-20-16)12-15-5-3-6-17-11-15/h3,5-6,11,16H,1-2,4,7-10,12-14H2/t16-/m1/s1. The Hall–Kier alpha value is -0.970. The van der Waals surface area contributed by atoms with E-state index in [9.17, 15) is 0 Å². The first-order valence-corrected chi connectivity index (χ1v) is 7.85. The van der Waals surface area contributed by atoms with Crippen molar-refractivity contribution in [3.05, 3.63) is 30.1 Å².